The molecule has 1 amide bonds. The van der Waals surface area contributed by atoms with Crippen molar-refractivity contribution in [3.05, 3.63) is 59.5 Å². The second-order valence-electron chi connectivity index (χ2n) is 7.56. The molecule has 3 aromatic rings. The topological polar surface area (TPSA) is 69.0 Å². The Morgan fingerprint density at radius 1 is 1.25 bits per heavy atom. The van der Waals surface area contributed by atoms with E-state index in [1.165, 1.54) is 10.9 Å². The molecule has 2 atom stereocenters. The van der Waals surface area contributed by atoms with E-state index in [0.717, 1.165) is 23.3 Å². The van der Waals surface area contributed by atoms with Crippen molar-refractivity contribution in [3.63, 3.8) is 0 Å². The molecule has 6 nitrogen and oxygen atoms in total. The number of nitrogens with one attached hydrogen (secondary N) is 1. The Balaban J connectivity index is 1.38. The number of benzene rings is 1. The molecule has 1 aromatic carbocycles. The van der Waals surface area contributed by atoms with Crippen molar-refractivity contribution in [1.29, 1.82) is 0 Å². The van der Waals surface area contributed by atoms with Crippen molar-refractivity contribution < 1.29 is 9.53 Å². The number of carbonyl (C=O) groups excluding carboxylic acids is 1. The molecule has 1 fully saturated rings. The predicted octanol–water partition coefficient (Wildman–Crippen LogP) is 2.81. The maximum atomic E-state index is 12.5. The fraction of sp³-hybridized carbons (Fsp3) is 0.409. The zero-order chi connectivity index (χ0) is 19.5. The maximum Gasteiger partial charge on any atom is 0.222 e. The van der Waals surface area contributed by atoms with Crippen LogP contribution in [0.1, 0.15) is 23.4 Å². The summed E-state index contributed by atoms with van der Waals surface area (Å²) in [5.41, 5.74) is 4.32. The van der Waals surface area contributed by atoms with Gasteiger partial charge < -0.3 is 10.1 Å². The van der Waals surface area contributed by atoms with E-state index in [2.05, 4.69) is 27.5 Å². The van der Waals surface area contributed by atoms with Gasteiger partial charge in [0.2, 0.25) is 5.91 Å². The van der Waals surface area contributed by atoms with Crippen LogP contribution < -0.4 is 5.32 Å². The van der Waals surface area contributed by atoms with E-state index < -0.39 is 0 Å². The van der Waals surface area contributed by atoms with E-state index in [-0.39, 0.29) is 17.9 Å². The number of carbonyl (C=O) groups is 1. The Bertz CT molecular complexity index is 976. The van der Waals surface area contributed by atoms with E-state index in [0.29, 0.717) is 26.2 Å². The van der Waals surface area contributed by atoms with Crippen LogP contribution in [-0.4, -0.2) is 39.9 Å². The summed E-state index contributed by atoms with van der Waals surface area (Å²) in [6.07, 6.45) is 3.14. The minimum Gasteiger partial charge on any atom is -0.379 e. The normalized spacial score (nSPS) is 19.2. The molecule has 0 radical (unpaired) electrons. The molecule has 0 saturated carbocycles. The van der Waals surface area contributed by atoms with Crippen LogP contribution in [0.4, 0.5) is 0 Å². The molecule has 0 aliphatic carbocycles. The first kappa shape index (κ1) is 18.6. The van der Waals surface area contributed by atoms with Gasteiger partial charge in [0.1, 0.15) is 0 Å². The number of fused-ring (bicyclic) bond motifs is 1. The molecule has 0 bridgehead atoms. The fourth-order valence-corrected chi connectivity index (χ4v) is 3.96. The first-order chi connectivity index (χ1) is 13.6. The molecule has 1 N–H and O–H groups in total. The third kappa shape index (κ3) is 4.07. The van der Waals surface area contributed by atoms with Gasteiger partial charge in [-0.1, -0.05) is 18.2 Å². The van der Waals surface area contributed by atoms with Gasteiger partial charge in [-0.3, -0.25) is 14.5 Å². The minimum absolute atomic E-state index is 0.0416. The van der Waals surface area contributed by atoms with Crippen molar-refractivity contribution in [2.75, 3.05) is 13.2 Å². The lowest BCUT2D eigenvalue weighted by Gasteiger charge is -2.20. The summed E-state index contributed by atoms with van der Waals surface area (Å²) >= 11 is 0. The van der Waals surface area contributed by atoms with E-state index in [9.17, 15) is 4.79 Å². The number of amides is 1. The fourth-order valence-electron chi connectivity index (χ4n) is 3.96. The quantitative estimate of drug-likeness (QED) is 0.716. The summed E-state index contributed by atoms with van der Waals surface area (Å²) in [7, 11) is 0. The SMILES string of the molecule is Cc1cc(C)n(CCC(=O)NC2COCC2Cc2ccnc3ccccc23)n1. The molecular weight excluding hydrogens is 352 g/mol. The van der Waals surface area contributed by atoms with Crippen molar-refractivity contribution in [2.24, 2.45) is 5.92 Å². The first-order valence-corrected chi connectivity index (χ1v) is 9.81. The van der Waals surface area contributed by atoms with Crippen LogP contribution in [-0.2, 0) is 22.5 Å². The molecule has 146 valence electrons. The summed E-state index contributed by atoms with van der Waals surface area (Å²) in [6, 6.07) is 12.3. The summed E-state index contributed by atoms with van der Waals surface area (Å²) in [6.45, 7) is 5.81. The largest absolute Gasteiger partial charge is 0.379 e. The highest BCUT2D eigenvalue weighted by Gasteiger charge is 2.30. The third-order valence-electron chi connectivity index (χ3n) is 5.42. The summed E-state index contributed by atoms with van der Waals surface area (Å²) in [5.74, 6) is 0.316. The predicted molar refractivity (Wildman–Crippen MR) is 108 cm³/mol. The number of para-hydroxylation sites is 1. The number of ether oxygens (including phenoxy) is 1. The van der Waals surface area contributed by atoms with Crippen molar-refractivity contribution >= 4 is 16.8 Å². The van der Waals surface area contributed by atoms with E-state index in [1.54, 1.807) is 0 Å². The molecule has 4 rings (SSSR count). The Morgan fingerprint density at radius 2 is 2.11 bits per heavy atom. The van der Waals surface area contributed by atoms with E-state index in [4.69, 9.17) is 4.74 Å². The third-order valence-corrected chi connectivity index (χ3v) is 5.42. The lowest BCUT2D eigenvalue weighted by Crippen LogP contribution is -2.41. The van der Waals surface area contributed by atoms with Gasteiger partial charge in [0, 0.05) is 36.2 Å². The van der Waals surface area contributed by atoms with Gasteiger partial charge in [-0.15, -0.1) is 0 Å². The van der Waals surface area contributed by atoms with Gasteiger partial charge in [-0.2, -0.15) is 5.10 Å². The van der Waals surface area contributed by atoms with E-state index in [1.807, 2.05) is 49.0 Å². The van der Waals surface area contributed by atoms with Gasteiger partial charge >= 0.3 is 0 Å². The van der Waals surface area contributed by atoms with Gasteiger partial charge in [-0.05, 0) is 44.0 Å². The zero-order valence-electron chi connectivity index (χ0n) is 16.4. The number of nitrogens with zero attached hydrogens (tertiary/aromatic N) is 3. The minimum atomic E-state index is 0.0416. The monoisotopic (exact) mass is 378 g/mol. The van der Waals surface area contributed by atoms with Crippen LogP contribution in [0.25, 0.3) is 10.9 Å². The van der Waals surface area contributed by atoms with Crippen LogP contribution in [0.5, 0.6) is 0 Å². The van der Waals surface area contributed by atoms with Gasteiger partial charge in [0.25, 0.3) is 0 Å². The van der Waals surface area contributed by atoms with Crippen LogP contribution >= 0.6 is 0 Å². The second kappa shape index (κ2) is 8.10. The summed E-state index contributed by atoms with van der Waals surface area (Å²) in [4.78, 5) is 16.9. The van der Waals surface area contributed by atoms with Gasteiger partial charge in [0.15, 0.2) is 0 Å². The summed E-state index contributed by atoms with van der Waals surface area (Å²) in [5, 5.41) is 8.77. The average Bonchev–Trinajstić information content (AvgIpc) is 3.25. The lowest BCUT2D eigenvalue weighted by molar-refractivity contribution is -0.122. The smallest absolute Gasteiger partial charge is 0.222 e. The molecule has 6 heteroatoms. The number of aryl methyl sites for hydroxylation is 3. The molecule has 1 saturated heterocycles. The second-order valence-corrected chi connectivity index (χ2v) is 7.56. The molecule has 3 heterocycles. The number of hydrogen-bond donors (Lipinski definition) is 1. The van der Waals surface area contributed by atoms with Crippen molar-refractivity contribution in [1.82, 2.24) is 20.1 Å². The molecule has 0 spiro atoms. The number of pyridine rings is 1. The van der Waals surface area contributed by atoms with Gasteiger partial charge in [0.05, 0.1) is 30.5 Å². The maximum absolute atomic E-state index is 12.5. The average molecular weight is 378 g/mol. The number of aromatic nitrogens is 3. The Labute approximate surface area is 164 Å². The first-order valence-electron chi connectivity index (χ1n) is 9.81. The van der Waals surface area contributed by atoms with Crippen molar-refractivity contribution in [2.45, 2.75) is 39.3 Å². The Kier molecular flexibility index (Phi) is 5.39. The van der Waals surface area contributed by atoms with Crippen LogP contribution in [0, 0.1) is 19.8 Å². The van der Waals surface area contributed by atoms with Crippen molar-refractivity contribution in [3.8, 4) is 0 Å². The molecule has 2 aromatic heterocycles. The Hall–Kier alpha value is -2.73. The molecule has 2 unspecified atom stereocenters. The van der Waals surface area contributed by atoms with Crippen LogP contribution in [0.3, 0.4) is 0 Å². The van der Waals surface area contributed by atoms with E-state index >= 15 is 0 Å². The standard InChI is InChI=1S/C22H26N4O2/c1-15-11-16(2)26(25-15)10-8-22(27)24-21-14-28-13-18(21)12-17-7-9-23-20-6-4-3-5-19(17)20/h3-7,9,11,18,21H,8,10,12-14H2,1-2H3,(H,24,27). The number of rotatable bonds is 6. The Morgan fingerprint density at radius 3 is 2.93 bits per heavy atom. The molecule has 1 aliphatic heterocycles. The molecular formula is C22H26N4O2. The highest BCUT2D eigenvalue weighted by Crippen LogP contribution is 2.24. The molecule has 28 heavy (non-hydrogen) atoms. The number of hydrogen-bond acceptors (Lipinski definition) is 4. The summed E-state index contributed by atoms with van der Waals surface area (Å²) < 4.78 is 7.58. The van der Waals surface area contributed by atoms with Crippen LogP contribution in [0.15, 0.2) is 42.6 Å². The zero-order valence-corrected chi connectivity index (χ0v) is 16.4. The molecule has 1 aliphatic rings. The highest BCUT2D eigenvalue weighted by molar-refractivity contribution is 5.82. The highest BCUT2D eigenvalue weighted by atomic mass is 16.5. The lowest BCUT2D eigenvalue weighted by atomic mass is 9.93. The van der Waals surface area contributed by atoms with Crippen LogP contribution in [0.2, 0.25) is 0 Å². The van der Waals surface area contributed by atoms with Gasteiger partial charge in [-0.25, -0.2) is 0 Å².